The molecule has 100 valence electrons. The van der Waals surface area contributed by atoms with Gasteiger partial charge < -0.3 is 10.2 Å². The third-order valence-corrected chi connectivity index (χ3v) is 5.68. The zero-order valence-corrected chi connectivity index (χ0v) is 11.3. The summed E-state index contributed by atoms with van der Waals surface area (Å²) in [5.41, 5.74) is 0. The summed E-state index contributed by atoms with van der Waals surface area (Å²) in [5, 5.41) is 2.87. The predicted molar refractivity (Wildman–Crippen MR) is 68.5 cm³/mol. The molecule has 2 atom stereocenters. The Bertz CT molecular complexity index is 339. The Morgan fingerprint density at radius 3 is 2.88 bits per heavy atom. The molecule has 0 amide bonds. The zero-order valence-electron chi connectivity index (χ0n) is 10.5. The lowest BCUT2D eigenvalue weighted by Crippen LogP contribution is -2.50. The van der Waals surface area contributed by atoms with Gasteiger partial charge in [0.05, 0.1) is 5.25 Å². The van der Waals surface area contributed by atoms with Gasteiger partial charge >= 0.3 is 0 Å². The molecule has 2 aliphatic heterocycles. The molecule has 0 aliphatic carbocycles. The molecule has 2 fully saturated rings. The lowest BCUT2D eigenvalue weighted by atomic mass is 10.1. The predicted octanol–water partition coefficient (Wildman–Crippen LogP) is -0.248. The number of likely N-dealkylation sites (N-methyl/N-ethyl adjacent to an activating group) is 1. The number of rotatable bonds is 4. The Morgan fingerprint density at radius 1 is 1.41 bits per heavy atom. The van der Waals surface area contributed by atoms with E-state index >= 15 is 0 Å². The first-order chi connectivity index (χ1) is 8.12. The van der Waals surface area contributed by atoms with Crippen molar-refractivity contribution in [2.45, 2.75) is 37.5 Å². The van der Waals surface area contributed by atoms with E-state index in [1.54, 1.807) is 0 Å². The van der Waals surface area contributed by atoms with Crippen LogP contribution in [-0.4, -0.2) is 57.3 Å². The number of nitrogens with zero attached hydrogens (tertiary/aromatic N) is 1. The molecule has 0 aromatic heterocycles. The van der Waals surface area contributed by atoms with Crippen LogP contribution in [0.4, 0.5) is 0 Å². The highest BCUT2D eigenvalue weighted by Gasteiger charge is 2.31. The lowest BCUT2D eigenvalue weighted by Gasteiger charge is -2.32. The first-order valence-corrected chi connectivity index (χ1v) is 8.10. The average molecular weight is 261 g/mol. The number of piperidine rings is 1. The van der Waals surface area contributed by atoms with E-state index in [0.717, 1.165) is 45.4 Å². The molecular formula is C11H23N3O2S. The van der Waals surface area contributed by atoms with Crippen molar-refractivity contribution in [3.63, 3.8) is 0 Å². The van der Waals surface area contributed by atoms with Crippen molar-refractivity contribution in [1.82, 2.24) is 14.9 Å². The van der Waals surface area contributed by atoms with Crippen molar-refractivity contribution in [3.8, 4) is 0 Å². The summed E-state index contributed by atoms with van der Waals surface area (Å²) >= 11 is 0. The third-order valence-electron chi connectivity index (χ3n) is 3.74. The Labute approximate surface area is 104 Å². The van der Waals surface area contributed by atoms with E-state index in [1.807, 2.05) is 0 Å². The highest BCUT2D eigenvalue weighted by atomic mass is 32.2. The minimum atomic E-state index is -3.13. The molecule has 0 radical (unpaired) electrons. The first-order valence-electron chi connectivity index (χ1n) is 6.56. The van der Waals surface area contributed by atoms with Crippen LogP contribution >= 0.6 is 0 Å². The van der Waals surface area contributed by atoms with Crippen LogP contribution in [-0.2, 0) is 10.0 Å². The van der Waals surface area contributed by atoms with Crippen LogP contribution in [0.5, 0.6) is 0 Å². The molecule has 2 unspecified atom stereocenters. The molecule has 0 aromatic carbocycles. The van der Waals surface area contributed by atoms with Crippen LogP contribution in [0, 0.1) is 0 Å². The van der Waals surface area contributed by atoms with Crippen molar-refractivity contribution in [3.05, 3.63) is 0 Å². The maximum Gasteiger partial charge on any atom is 0.216 e. The van der Waals surface area contributed by atoms with Crippen LogP contribution in [0.3, 0.4) is 0 Å². The van der Waals surface area contributed by atoms with Crippen LogP contribution < -0.4 is 10.0 Å². The van der Waals surface area contributed by atoms with E-state index in [1.165, 1.54) is 0 Å². The molecule has 17 heavy (non-hydrogen) atoms. The van der Waals surface area contributed by atoms with Gasteiger partial charge in [-0.25, -0.2) is 13.1 Å². The van der Waals surface area contributed by atoms with Crippen LogP contribution in [0.15, 0.2) is 0 Å². The second-order valence-electron chi connectivity index (χ2n) is 5.01. The van der Waals surface area contributed by atoms with Gasteiger partial charge in [0, 0.05) is 19.1 Å². The van der Waals surface area contributed by atoms with E-state index in [-0.39, 0.29) is 11.3 Å². The summed E-state index contributed by atoms with van der Waals surface area (Å²) in [4.78, 5) is 2.31. The zero-order chi connectivity index (χ0) is 12.3. The van der Waals surface area contributed by atoms with E-state index in [2.05, 4.69) is 21.9 Å². The van der Waals surface area contributed by atoms with E-state index in [0.29, 0.717) is 6.54 Å². The van der Waals surface area contributed by atoms with Gasteiger partial charge in [-0.3, -0.25) is 0 Å². The second kappa shape index (κ2) is 5.65. The molecule has 2 heterocycles. The monoisotopic (exact) mass is 261 g/mol. The van der Waals surface area contributed by atoms with Gasteiger partial charge in [0.15, 0.2) is 0 Å². The van der Waals surface area contributed by atoms with Crippen molar-refractivity contribution < 1.29 is 8.42 Å². The van der Waals surface area contributed by atoms with E-state index in [4.69, 9.17) is 0 Å². The van der Waals surface area contributed by atoms with Gasteiger partial charge in [0.2, 0.25) is 10.0 Å². The van der Waals surface area contributed by atoms with Crippen LogP contribution in [0.2, 0.25) is 0 Å². The van der Waals surface area contributed by atoms with Gasteiger partial charge in [-0.15, -0.1) is 0 Å². The molecule has 0 spiro atoms. The quantitative estimate of drug-likeness (QED) is 0.733. The smallest absolute Gasteiger partial charge is 0.216 e. The normalized spacial score (nSPS) is 31.8. The van der Waals surface area contributed by atoms with Gasteiger partial charge in [-0.2, -0.15) is 0 Å². The molecule has 6 heteroatoms. The van der Waals surface area contributed by atoms with Crippen molar-refractivity contribution in [1.29, 1.82) is 0 Å². The summed E-state index contributed by atoms with van der Waals surface area (Å²) in [6.07, 6.45) is 2.79. The molecule has 0 saturated carbocycles. The van der Waals surface area contributed by atoms with E-state index < -0.39 is 10.0 Å². The fourth-order valence-corrected chi connectivity index (χ4v) is 4.28. The van der Waals surface area contributed by atoms with Crippen LogP contribution in [0.25, 0.3) is 0 Å². The molecule has 0 bridgehead atoms. The summed E-state index contributed by atoms with van der Waals surface area (Å²) < 4.78 is 27.1. The Balaban J connectivity index is 1.90. The molecular weight excluding hydrogens is 238 g/mol. The first kappa shape index (κ1) is 13.3. The highest BCUT2D eigenvalue weighted by molar-refractivity contribution is 7.90. The topological polar surface area (TPSA) is 61.4 Å². The maximum absolute atomic E-state index is 12.1. The van der Waals surface area contributed by atoms with E-state index in [9.17, 15) is 8.42 Å². The Kier molecular flexibility index (Phi) is 4.41. The summed E-state index contributed by atoms with van der Waals surface area (Å²) in [5.74, 6) is 0. The average Bonchev–Trinajstić information content (AvgIpc) is 2.83. The van der Waals surface area contributed by atoms with Gasteiger partial charge in [-0.05, 0) is 38.9 Å². The molecule has 2 rings (SSSR count). The molecule has 2 saturated heterocycles. The van der Waals surface area contributed by atoms with Gasteiger partial charge in [0.25, 0.3) is 0 Å². The Hall–Kier alpha value is -0.170. The standard InChI is InChI=1S/C11H23N3O2S/c1-2-14-7-3-4-10(9-14)13-17(15,16)11-5-6-12-8-11/h10-13H,2-9H2,1H3. The summed E-state index contributed by atoms with van der Waals surface area (Å²) in [7, 11) is -3.13. The fourth-order valence-electron chi connectivity index (χ4n) is 2.66. The fraction of sp³-hybridized carbons (Fsp3) is 1.00. The SMILES string of the molecule is CCN1CCCC(NS(=O)(=O)C2CCNC2)C1. The maximum atomic E-state index is 12.1. The Morgan fingerprint density at radius 2 is 2.24 bits per heavy atom. The minimum absolute atomic E-state index is 0.106. The van der Waals surface area contributed by atoms with Crippen LogP contribution in [0.1, 0.15) is 26.2 Å². The second-order valence-corrected chi connectivity index (χ2v) is 7.00. The number of hydrogen-bond acceptors (Lipinski definition) is 4. The molecule has 2 aliphatic rings. The van der Waals surface area contributed by atoms with Gasteiger partial charge in [0.1, 0.15) is 0 Å². The van der Waals surface area contributed by atoms with Crippen molar-refractivity contribution >= 4 is 10.0 Å². The number of sulfonamides is 1. The number of hydrogen-bond donors (Lipinski definition) is 2. The van der Waals surface area contributed by atoms with Crippen molar-refractivity contribution in [2.24, 2.45) is 0 Å². The summed E-state index contributed by atoms with van der Waals surface area (Å²) in [6.45, 7) is 6.49. The van der Waals surface area contributed by atoms with Gasteiger partial charge in [-0.1, -0.05) is 6.92 Å². The minimum Gasteiger partial charge on any atom is -0.315 e. The molecule has 5 nitrogen and oxygen atoms in total. The lowest BCUT2D eigenvalue weighted by molar-refractivity contribution is 0.211. The third kappa shape index (κ3) is 3.40. The molecule has 0 aromatic rings. The largest absolute Gasteiger partial charge is 0.315 e. The molecule has 2 N–H and O–H groups in total. The highest BCUT2D eigenvalue weighted by Crippen LogP contribution is 2.14. The summed E-state index contributed by atoms with van der Waals surface area (Å²) in [6, 6.07) is 0.106. The van der Waals surface area contributed by atoms with Crippen molar-refractivity contribution in [2.75, 3.05) is 32.7 Å². The number of nitrogens with one attached hydrogen (secondary N) is 2. The number of likely N-dealkylation sites (tertiary alicyclic amines) is 1.